The summed E-state index contributed by atoms with van der Waals surface area (Å²) in [5.41, 5.74) is -1.56. The van der Waals surface area contributed by atoms with Crippen molar-refractivity contribution >= 4 is 5.78 Å². The van der Waals surface area contributed by atoms with E-state index in [1.165, 1.54) is 0 Å². The molecule has 2 saturated heterocycles. The molecule has 1 spiro atoms. The molecule has 2 heterocycles. The number of aliphatic hydroxyl groups is 1. The van der Waals surface area contributed by atoms with E-state index >= 15 is 0 Å². The molecular weight excluding hydrogens is 228 g/mol. The third-order valence-electron chi connectivity index (χ3n) is 6.70. The van der Waals surface area contributed by atoms with E-state index < -0.39 is 11.2 Å². The first kappa shape index (κ1) is 11.4. The zero-order valence-electron chi connectivity index (χ0n) is 11.6. The predicted octanol–water partition coefficient (Wildman–Crippen LogP) is 1.92. The number of hydrogen-bond acceptors (Lipinski definition) is 3. The summed E-state index contributed by atoms with van der Waals surface area (Å²) in [4.78, 5) is 12.7. The summed E-state index contributed by atoms with van der Waals surface area (Å²) in [5.74, 6) is 0.596. The summed E-state index contributed by atoms with van der Waals surface area (Å²) in [7, 11) is 0. The molecule has 3 nitrogen and oxygen atoms in total. The average Bonchev–Trinajstić information content (AvgIpc) is 2.92. The summed E-state index contributed by atoms with van der Waals surface area (Å²) in [6.07, 6.45) is 2.73. The Morgan fingerprint density at radius 3 is 2.39 bits per heavy atom. The fraction of sp³-hybridized carbons (Fsp3) is 0.933. The normalized spacial score (nSPS) is 58.3. The maximum Gasteiger partial charge on any atom is 0.144 e. The van der Waals surface area contributed by atoms with Crippen LogP contribution in [0.5, 0.6) is 0 Å². The Balaban J connectivity index is 1.87. The Hall–Kier alpha value is -0.410. The van der Waals surface area contributed by atoms with Crippen molar-refractivity contribution in [3.05, 3.63) is 0 Å². The van der Waals surface area contributed by atoms with E-state index in [-0.39, 0.29) is 28.8 Å². The van der Waals surface area contributed by atoms with E-state index in [4.69, 9.17) is 4.74 Å². The van der Waals surface area contributed by atoms with Gasteiger partial charge in [0, 0.05) is 16.7 Å². The van der Waals surface area contributed by atoms with E-state index in [0.717, 1.165) is 19.3 Å². The molecule has 3 heteroatoms. The highest BCUT2D eigenvalue weighted by atomic mass is 16.6. The average molecular weight is 250 g/mol. The molecule has 2 aliphatic heterocycles. The minimum Gasteiger partial charge on any atom is -0.387 e. The molecule has 2 aliphatic carbocycles. The number of fused-ring (bicyclic) bond motifs is 6. The molecule has 0 radical (unpaired) electrons. The minimum atomic E-state index is -0.746. The summed E-state index contributed by atoms with van der Waals surface area (Å²) in [6, 6.07) is 0. The van der Waals surface area contributed by atoms with Crippen LogP contribution in [0.1, 0.15) is 47.0 Å². The van der Waals surface area contributed by atoms with Crippen LogP contribution < -0.4 is 0 Å². The number of Topliss-reactive ketones (excluding diaryl/α,β-unsaturated/α-hetero) is 1. The molecule has 5 atom stereocenters. The molecule has 4 fully saturated rings. The fourth-order valence-corrected chi connectivity index (χ4v) is 5.63. The first-order valence-corrected chi connectivity index (χ1v) is 7.12. The lowest BCUT2D eigenvalue weighted by Crippen LogP contribution is -2.57. The number of ketones is 1. The van der Waals surface area contributed by atoms with Crippen LogP contribution in [0.3, 0.4) is 0 Å². The third-order valence-corrected chi connectivity index (χ3v) is 6.70. The van der Waals surface area contributed by atoms with E-state index in [1.807, 2.05) is 20.8 Å². The van der Waals surface area contributed by atoms with Gasteiger partial charge in [0.05, 0.1) is 23.2 Å². The molecule has 4 rings (SSSR count). The van der Waals surface area contributed by atoms with Gasteiger partial charge in [-0.05, 0) is 33.1 Å². The van der Waals surface area contributed by atoms with Crippen LogP contribution >= 0.6 is 0 Å². The lowest BCUT2D eigenvalue weighted by molar-refractivity contribution is -0.136. The van der Waals surface area contributed by atoms with Gasteiger partial charge in [0.1, 0.15) is 5.78 Å². The molecule has 2 bridgehead atoms. The fourth-order valence-electron chi connectivity index (χ4n) is 5.63. The zero-order valence-corrected chi connectivity index (χ0v) is 11.6. The van der Waals surface area contributed by atoms with Crippen molar-refractivity contribution in [2.24, 2.45) is 22.7 Å². The van der Waals surface area contributed by atoms with E-state index in [9.17, 15) is 9.90 Å². The van der Waals surface area contributed by atoms with Gasteiger partial charge in [0.25, 0.3) is 0 Å². The van der Waals surface area contributed by atoms with Gasteiger partial charge >= 0.3 is 0 Å². The highest BCUT2D eigenvalue weighted by molar-refractivity contribution is 5.91. The molecule has 2 saturated carbocycles. The van der Waals surface area contributed by atoms with Gasteiger partial charge in [-0.15, -0.1) is 0 Å². The Morgan fingerprint density at radius 1 is 1.22 bits per heavy atom. The quantitative estimate of drug-likeness (QED) is 0.714. The largest absolute Gasteiger partial charge is 0.387 e. The first-order valence-electron chi connectivity index (χ1n) is 7.12. The van der Waals surface area contributed by atoms with Crippen LogP contribution in [0.15, 0.2) is 0 Å². The van der Waals surface area contributed by atoms with Gasteiger partial charge in [-0.1, -0.05) is 13.8 Å². The number of hydrogen-bond donors (Lipinski definition) is 1. The second kappa shape index (κ2) is 2.57. The van der Waals surface area contributed by atoms with Crippen molar-refractivity contribution in [2.45, 2.75) is 64.3 Å². The van der Waals surface area contributed by atoms with Gasteiger partial charge in [0.15, 0.2) is 0 Å². The molecule has 0 aromatic carbocycles. The summed E-state index contributed by atoms with van der Waals surface area (Å²) < 4.78 is 6.21. The molecule has 0 aromatic heterocycles. The third kappa shape index (κ3) is 0.847. The van der Waals surface area contributed by atoms with Crippen molar-refractivity contribution in [1.82, 2.24) is 0 Å². The Labute approximate surface area is 108 Å². The lowest BCUT2D eigenvalue weighted by Gasteiger charge is -2.44. The Bertz CT molecular complexity index is 460. The second-order valence-electron chi connectivity index (χ2n) is 7.97. The lowest BCUT2D eigenvalue weighted by atomic mass is 9.59. The van der Waals surface area contributed by atoms with Crippen LogP contribution in [0.2, 0.25) is 0 Å². The summed E-state index contributed by atoms with van der Waals surface area (Å²) >= 11 is 0. The zero-order chi connectivity index (χ0) is 13.1. The van der Waals surface area contributed by atoms with Crippen LogP contribution in [-0.4, -0.2) is 28.2 Å². The van der Waals surface area contributed by atoms with E-state index in [1.54, 1.807) is 0 Å². The molecule has 0 aromatic rings. The van der Waals surface area contributed by atoms with E-state index in [0.29, 0.717) is 5.78 Å². The number of carbonyl (C=O) groups is 1. The predicted molar refractivity (Wildman–Crippen MR) is 66.0 cm³/mol. The SMILES string of the molecule is CC1(C)C[C@@H]2[C@H]3O[C@@](C)([C@@H]2C1=O)C1(CC1)[C@@]3(C)O. The van der Waals surface area contributed by atoms with Crippen LogP contribution in [0.4, 0.5) is 0 Å². The van der Waals surface area contributed by atoms with Gasteiger partial charge in [-0.3, -0.25) is 4.79 Å². The Morgan fingerprint density at radius 2 is 1.83 bits per heavy atom. The van der Waals surface area contributed by atoms with Crippen molar-refractivity contribution in [1.29, 1.82) is 0 Å². The van der Waals surface area contributed by atoms with Crippen molar-refractivity contribution < 1.29 is 14.6 Å². The molecule has 1 N–H and O–H groups in total. The molecule has 0 unspecified atom stereocenters. The highest BCUT2D eigenvalue weighted by Crippen LogP contribution is 2.77. The number of ether oxygens (including phenoxy) is 1. The maximum atomic E-state index is 12.7. The molecular formula is C15H22O3. The summed E-state index contributed by atoms with van der Waals surface area (Å²) in [5, 5.41) is 10.9. The van der Waals surface area contributed by atoms with E-state index in [2.05, 4.69) is 6.92 Å². The maximum absolute atomic E-state index is 12.7. The van der Waals surface area contributed by atoms with Crippen molar-refractivity contribution in [3.63, 3.8) is 0 Å². The Kier molecular flexibility index (Phi) is 1.63. The smallest absolute Gasteiger partial charge is 0.144 e. The standard InChI is InChI=1S/C15H22O3/c1-12(2)7-8-9(10(12)16)14(4)15(5-6-15)13(3,17)11(8)18-14/h8-9,11,17H,5-7H2,1-4H3/t8-,9-,11+,13-,14-/m0/s1. The highest BCUT2D eigenvalue weighted by Gasteiger charge is 2.85. The van der Waals surface area contributed by atoms with Gasteiger partial charge in [-0.2, -0.15) is 0 Å². The topological polar surface area (TPSA) is 46.5 Å². The van der Waals surface area contributed by atoms with Gasteiger partial charge < -0.3 is 9.84 Å². The van der Waals surface area contributed by atoms with Crippen LogP contribution in [0.25, 0.3) is 0 Å². The first-order chi connectivity index (χ1) is 8.17. The van der Waals surface area contributed by atoms with Gasteiger partial charge in [-0.25, -0.2) is 0 Å². The van der Waals surface area contributed by atoms with Crippen LogP contribution in [-0.2, 0) is 9.53 Å². The number of rotatable bonds is 0. The van der Waals surface area contributed by atoms with Crippen molar-refractivity contribution in [2.75, 3.05) is 0 Å². The molecule has 100 valence electrons. The minimum absolute atomic E-state index is 0.0141. The molecule has 18 heavy (non-hydrogen) atoms. The molecule has 0 amide bonds. The monoisotopic (exact) mass is 250 g/mol. The second-order valence-corrected chi connectivity index (χ2v) is 7.97. The van der Waals surface area contributed by atoms with Crippen molar-refractivity contribution in [3.8, 4) is 0 Å². The van der Waals surface area contributed by atoms with Crippen LogP contribution in [0, 0.1) is 22.7 Å². The summed E-state index contributed by atoms with van der Waals surface area (Å²) in [6.45, 7) is 8.11. The molecule has 4 aliphatic rings. The number of carbonyl (C=O) groups excluding carboxylic acids is 1. The van der Waals surface area contributed by atoms with Gasteiger partial charge in [0.2, 0.25) is 0 Å².